The minimum Gasteiger partial charge on any atom is -0.352 e. The Balaban J connectivity index is 1.51. The Morgan fingerprint density at radius 1 is 1.12 bits per heavy atom. The Kier molecular flexibility index (Phi) is 4.83. The van der Waals surface area contributed by atoms with Crippen molar-refractivity contribution in [3.05, 3.63) is 35.9 Å². The smallest absolute Gasteiger partial charge is 0.242 e. The van der Waals surface area contributed by atoms with E-state index in [1.165, 1.54) is 0 Å². The molecule has 5 nitrogen and oxygen atoms in total. The lowest BCUT2D eigenvalue weighted by molar-refractivity contribution is -0.132. The molecule has 1 N–H and O–H groups in total. The maximum absolute atomic E-state index is 12.9. The molecule has 0 bridgehead atoms. The molecule has 0 spiro atoms. The molecule has 0 radical (unpaired) electrons. The summed E-state index contributed by atoms with van der Waals surface area (Å²) >= 11 is 0. The topological polar surface area (TPSA) is 50.8 Å². The van der Waals surface area contributed by atoms with Crippen molar-refractivity contribution in [3.63, 3.8) is 0 Å². The molecular weight excluding hydrogens is 304 g/mol. The summed E-state index contributed by atoms with van der Waals surface area (Å²) in [5.74, 6) is 0.485. The molecule has 130 valence electrons. The summed E-state index contributed by atoms with van der Waals surface area (Å²) in [5, 5.41) is 3.19. The molecule has 1 aliphatic carbocycles. The molecule has 4 rings (SSSR count). The average molecular weight is 330 g/mol. The molecule has 2 heterocycles. The normalized spacial score (nSPS) is 27.1. The number of nitrogens with one attached hydrogen (secondary N) is 1. The molecule has 1 aromatic rings. The fourth-order valence-electron chi connectivity index (χ4n) is 3.82. The van der Waals surface area contributed by atoms with Crippen LogP contribution in [-0.4, -0.2) is 49.4 Å². The number of ether oxygens (including phenoxy) is 2. The number of benzene rings is 1. The summed E-state index contributed by atoms with van der Waals surface area (Å²) in [6.45, 7) is 3.17. The van der Waals surface area contributed by atoms with Crippen LogP contribution >= 0.6 is 0 Å². The number of carbonyl (C=O) groups is 1. The van der Waals surface area contributed by atoms with Crippen molar-refractivity contribution in [1.29, 1.82) is 0 Å². The van der Waals surface area contributed by atoms with Crippen LogP contribution in [0.2, 0.25) is 0 Å². The minimum absolute atomic E-state index is 0.101. The zero-order chi connectivity index (χ0) is 16.4. The van der Waals surface area contributed by atoms with Crippen molar-refractivity contribution >= 4 is 5.91 Å². The Hall–Kier alpha value is -1.43. The first kappa shape index (κ1) is 16.1. The Bertz CT molecular complexity index is 555. The Morgan fingerprint density at radius 2 is 1.88 bits per heavy atom. The molecular formula is C19H26N2O3. The predicted octanol–water partition coefficient (Wildman–Crippen LogP) is 2.09. The van der Waals surface area contributed by atoms with Crippen molar-refractivity contribution in [1.82, 2.24) is 10.2 Å². The summed E-state index contributed by atoms with van der Waals surface area (Å²) in [6.07, 6.45) is 4.30. The van der Waals surface area contributed by atoms with Gasteiger partial charge in [-0.3, -0.25) is 9.69 Å². The van der Waals surface area contributed by atoms with E-state index in [-0.39, 0.29) is 18.2 Å². The molecule has 2 atom stereocenters. The van der Waals surface area contributed by atoms with Crippen molar-refractivity contribution in [2.45, 2.75) is 44.1 Å². The van der Waals surface area contributed by atoms with Crippen LogP contribution in [0.1, 0.15) is 37.3 Å². The van der Waals surface area contributed by atoms with Gasteiger partial charge in [-0.25, -0.2) is 0 Å². The van der Waals surface area contributed by atoms with Crippen LogP contribution in [0.5, 0.6) is 0 Å². The van der Waals surface area contributed by atoms with E-state index in [0.29, 0.717) is 25.2 Å². The molecule has 24 heavy (non-hydrogen) atoms. The molecule has 0 unspecified atom stereocenters. The molecule has 1 saturated carbocycles. The summed E-state index contributed by atoms with van der Waals surface area (Å²) in [4.78, 5) is 15.2. The number of nitrogens with zero attached hydrogens (tertiary/aromatic N) is 1. The fraction of sp³-hybridized carbons (Fsp3) is 0.632. The summed E-state index contributed by atoms with van der Waals surface area (Å²) in [5.41, 5.74) is 1.07. The minimum atomic E-state index is -0.212. The summed E-state index contributed by atoms with van der Waals surface area (Å²) < 4.78 is 11.4. The van der Waals surface area contributed by atoms with E-state index in [1.54, 1.807) is 0 Å². The molecule has 2 saturated heterocycles. The van der Waals surface area contributed by atoms with E-state index >= 15 is 0 Å². The monoisotopic (exact) mass is 330 g/mol. The van der Waals surface area contributed by atoms with Crippen LogP contribution < -0.4 is 5.32 Å². The van der Waals surface area contributed by atoms with Crippen molar-refractivity contribution in [2.75, 3.05) is 26.3 Å². The molecule has 0 aromatic heterocycles. The molecule has 3 fully saturated rings. The number of amides is 1. The van der Waals surface area contributed by atoms with Crippen LogP contribution in [0.15, 0.2) is 30.3 Å². The van der Waals surface area contributed by atoms with E-state index in [0.717, 1.165) is 44.3 Å². The second kappa shape index (κ2) is 7.21. The van der Waals surface area contributed by atoms with Gasteiger partial charge in [-0.15, -0.1) is 0 Å². The highest BCUT2D eigenvalue weighted by Crippen LogP contribution is 2.31. The van der Waals surface area contributed by atoms with Gasteiger partial charge in [0.25, 0.3) is 0 Å². The maximum Gasteiger partial charge on any atom is 0.242 e. The highest BCUT2D eigenvalue weighted by Gasteiger charge is 2.37. The van der Waals surface area contributed by atoms with Gasteiger partial charge in [0, 0.05) is 18.5 Å². The average Bonchev–Trinajstić information content (AvgIpc) is 3.25. The largest absolute Gasteiger partial charge is 0.352 e. The highest BCUT2D eigenvalue weighted by molar-refractivity contribution is 5.83. The lowest BCUT2D eigenvalue weighted by atomic mass is 9.94. The van der Waals surface area contributed by atoms with Gasteiger partial charge in [-0.05, 0) is 37.8 Å². The maximum atomic E-state index is 12.9. The van der Waals surface area contributed by atoms with Crippen LogP contribution in [0.3, 0.4) is 0 Å². The molecule has 5 heteroatoms. The summed E-state index contributed by atoms with van der Waals surface area (Å²) in [6, 6.07) is 10.3. The first-order valence-corrected chi connectivity index (χ1v) is 9.14. The number of carbonyl (C=O) groups excluding carboxylic acids is 1. The van der Waals surface area contributed by atoms with Crippen LogP contribution in [0.4, 0.5) is 0 Å². The first-order valence-electron chi connectivity index (χ1n) is 9.14. The van der Waals surface area contributed by atoms with Crippen molar-refractivity contribution < 1.29 is 14.3 Å². The van der Waals surface area contributed by atoms with Crippen molar-refractivity contribution in [3.8, 4) is 0 Å². The lowest BCUT2D eigenvalue weighted by Gasteiger charge is -2.39. The molecule has 1 aromatic carbocycles. The first-order chi connectivity index (χ1) is 11.8. The third-order valence-electron chi connectivity index (χ3n) is 5.17. The van der Waals surface area contributed by atoms with Gasteiger partial charge >= 0.3 is 0 Å². The van der Waals surface area contributed by atoms with Gasteiger partial charge in [-0.1, -0.05) is 30.3 Å². The summed E-state index contributed by atoms with van der Waals surface area (Å²) in [7, 11) is 0. The fourth-order valence-corrected chi connectivity index (χ4v) is 3.82. The van der Waals surface area contributed by atoms with Crippen LogP contribution in [0, 0.1) is 5.92 Å². The number of hydrogen-bond acceptors (Lipinski definition) is 4. The third-order valence-corrected chi connectivity index (χ3v) is 5.17. The quantitative estimate of drug-likeness (QED) is 0.898. The number of piperidine rings is 1. The number of hydrogen-bond donors (Lipinski definition) is 1. The van der Waals surface area contributed by atoms with Crippen LogP contribution in [-0.2, 0) is 14.3 Å². The Labute approximate surface area is 143 Å². The predicted molar refractivity (Wildman–Crippen MR) is 90.3 cm³/mol. The highest BCUT2D eigenvalue weighted by atomic mass is 16.7. The van der Waals surface area contributed by atoms with E-state index in [1.807, 2.05) is 18.2 Å². The van der Waals surface area contributed by atoms with E-state index in [9.17, 15) is 4.79 Å². The number of likely N-dealkylation sites (tertiary alicyclic amines) is 1. The third kappa shape index (κ3) is 3.63. The second-order valence-electron chi connectivity index (χ2n) is 7.10. The van der Waals surface area contributed by atoms with Crippen molar-refractivity contribution in [2.24, 2.45) is 5.92 Å². The van der Waals surface area contributed by atoms with Gasteiger partial charge in [-0.2, -0.15) is 0 Å². The lowest BCUT2D eigenvalue weighted by Crippen LogP contribution is -2.47. The molecule has 3 aliphatic rings. The van der Waals surface area contributed by atoms with Gasteiger partial charge in [0.05, 0.1) is 13.2 Å². The van der Waals surface area contributed by atoms with E-state index < -0.39 is 0 Å². The SMILES string of the molecule is O=C(NC1CC1)[C@@H](c1ccccc1)N1CCC[C@H](C2OCCO2)C1. The second-order valence-corrected chi connectivity index (χ2v) is 7.10. The number of rotatable bonds is 5. The van der Waals surface area contributed by atoms with Gasteiger partial charge < -0.3 is 14.8 Å². The van der Waals surface area contributed by atoms with E-state index in [4.69, 9.17) is 9.47 Å². The zero-order valence-corrected chi connectivity index (χ0v) is 14.0. The van der Waals surface area contributed by atoms with Gasteiger partial charge in [0.2, 0.25) is 5.91 Å². The van der Waals surface area contributed by atoms with Crippen LogP contribution in [0.25, 0.3) is 0 Å². The van der Waals surface area contributed by atoms with Gasteiger partial charge in [0.15, 0.2) is 6.29 Å². The Morgan fingerprint density at radius 3 is 2.58 bits per heavy atom. The zero-order valence-electron chi connectivity index (χ0n) is 14.0. The standard InChI is InChI=1S/C19H26N2O3/c22-18(20-16-8-9-16)17(14-5-2-1-3-6-14)21-10-4-7-15(13-21)19-23-11-12-24-19/h1-3,5-6,15-17,19H,4,7-13H2,(H,20,22)/t15-,17+/m0/s1. The molecule has 2 aliphatic heterocycles. The van der Waals surface area contributed by atoms with Gasteiger partial charge in [0.1, 0.15) is 6.04 Å². The van der Waals surface area contributed by atoms with E-state index in [2.05, 4.69) is 22.3 Å². The molecule has 1 amide bonds.